The van der Waals surface area contributed by atoms with Crippen LogP contribution in [0.4, 0.5) is 0 Å². The molecular weight excluding hydrogens is 352 g/mol. The van der Waals surface area contributed by atoms with Crippen molar-refractivity contribution < 1.29 is 19.4 Å². The highest BCUT2D eigenvalue weighted by atomic mass is 16.6. The van der Waals surface area contributed by atoms with E-state index in [-0.39, 0.29) is 23.6 Å². The Kier molecular flexibility index (Phi) is 4.31. The summed E-state index contributed by atoms with van der Waals surface area (Å²) < 4.78 is 11.7. The first kappa shape index (κ1) is 19.1. The van der Waals surface area contributed by atoms with Crippen LogP contribution in [0.3, 0.4) is 0 Å². The number of fused-ring (bicyclic) bond motifs is 8. The number of ether oxygens (including phenoxy) is 2. The molecule has 3 saturated carbocycles. The number of epoxide rings is 1. The average Bonchev–Trinajstić information content (AvgIpc) is 3.35. The fourth-order valence-corrected chi connectivity index (χ4v) is 8.30. The van der Waals surface area contributed by atoms with Crippen LogP contribution in [0, 0.1) is 40.4 Å². The molecule has 1 N–H and O–H groups in total. The third-order valence-electron chi connectivity index (χ3n) is 9.66. The Balaban J connectivity index is 1.41. The Morgan fingerprint density at radius 1 is 1.25 bits per heavy atom. The minimum atomic E-state index is -0.281. The summed E-state index contributed by atoms with van der Waals surface area (Å²) >= 11 is 0. The number of aliphatic hydroxyl groups is 1. The molecule has 5 aliphatic rings. The van der Waals surface area contributed by atoms with E-state index < -0.39 is 0 Å². The number of hydrogen-bond donors (Lipinski definition) is 1. The monoisotopic (exact) mass is 388 g/mol. The molecule has 0 aromatic rings. The highest BCUT2D eigenvalue weighted by Crippen LogP contribution is 2.70. The van der Waals surface area contributed by atoms with Gasteiger partial charge in [-0.1, -0.05) is 26.8 Å². The van der Waals surface area contributed by atoms with Crippen LogP contribution in [-0.2, 0) is 14.3 Å². The Morgan fingerprint density at radius 3 is 2.79 bits per heavy atom. The molecule has 6 unspecified atom stereocenters. The van der Waals surface area contributed by atoms with Crippen molar-refractivity contribution in [1.82, 2.24) is 0 Å². The fourth-order valence-electron chi connectivity index (χ4n) is 8.30. The average molecular weight is 389 g/mol. The molecule has 4 fully saturated rings. The fraction of sp³-hybridized carbons (Fsp3) is 0.875. The highest BCUT2D eigenvalue weighted by Gasteiger charge is 2.69. The number of aliphatic hydroxyl groups excluding tert-OH is 1. The molecule has 5 rings (SSSR count). The summed E-state index contributed by atoms with van der Waals surface area (Å²) in [5.74, 6) is 2.96. The summed E-state index contributed by atoms with van der Waals surface area (Å²) in [5.41, 5.74) is 1.96. The Labute approximate surface area is 169 Å². The van der Waals surface area contributed by atoms with Crippen molar-refractivity contribution in [2.45, 2.75) is 84.5 Å². The van der Waals surface area contributed by atoms with Gasteiger partial charge in [0.05, 0.1) is 18.8 Å². The van der Waals surface area contributed by atoms with Crippen LogP contribution in [-0.4, -0.2) is 36.0 Å². The van der Waals surface area contributed by atoms with E-state index in [1.54, 1.807) is 0 Å². The number of carbonyl (C=O) groups excluding carboxylic acids is 1. The zero-order valence-electron chi connectivity index (χ0n) is 17.8. The molecule has 0 spiro atoms. The molecule has 4 nitrogen and oxygen atoms in total. The van der Waals surface area contributed by atoms with E-state index in [1.165, 1.54) is 38.2 Å². The number of hydrogen-bond acceptors (Lipinski definition) is 4. The van der Waals surface area contributed by atoms with Crippen LogP contribution in [0.1, 0.15) is 66.2 Å². The van der Waals surface area contributed by atoms with Crippen molar-refractivity contribution >= 4 is 5.97 Å². The molecule has 0 bridgehead atoms. The SMILES string of the molecule is CC(=O)OC[C@@H](C)C1CCC2C3C(CC[C@@]21C)[C@@]1(C)CCC(O)C=C1C1O[C@@H]13. The van der Waals surface area contributed by atoms with Gasteiger partial charge in [0, 0.05) is 6.92 Å². The first-order chi connectivity index (χ1) is 13.3. The van der Waals surface area contributed by atoms with Crippen molar-refractivity contribution in [3.8, 4) is 0 Å². The Morgan fingerprint density at radius 2 is 2.04 bits per heavy atom. The maximum absolute atomic E-state index is 11.3. The Bertz CT molecular complexity index is 701. The van der Waals surface area contributed by atoms with Crippen molar-refractivity contribution in [3.63, 3.8) is 0 Å². The second kappa shape index (κ2) is 6.31. The van der Waals surface area contributed by atoms with E-state index in [0.29, 0.717) is 41.8 Å². The van der Waals surface area contributed by atoms with Gasteiger partial charge in [0.1, 0.15) is 6.10 Å². The first-order valence-electron chi connectivity index (χ1n) is 11.4. The molecule has 0 amide bonds. The lowest BCUT2D eigenvalue weighted by Gasteiger charge is -2.57. The minimum Gasteiger partial charge on any atom is -0.466 e. The van der Waals surface area contributed by atoms with E-state index in [0.717, 1.165) is 18.8 Å². The first-order valence-corrected chi connectivity index (χ1v) is 11.4. The second-order valence-electron chi connectivity index (χ2n) is 11.0. The maximum atomic E-state index is 11.3. The lowest BCUT2D eigenvalue weighted by molar-refractivity contribution is -0.143. The number of esters is 1. The molecule has 4 aliphatic carbocycles. The van der Waals surface area contributed by atoms with Crippen LogP contribution in [0.15, 0.2) is 11.6 Å². The van der Waals surface area contributed by atoms with Crippen LogP contribution < -0.4 is 0 Å². The zero-order valence-corrected chi connectivity index (χ0v) is 17.8. The van der Waals surface area contributed by atoms with Gasteiger partial charge in [0.2, 0.25) is 0 Å². The molecule has 0 aromatic carbocycles. The summed E-state index contributed by atoms with van der Waals surface area (Å²) in [4.78, 5) is 11.3. The topological polar surface area (TPSA) is 59.1 Å². The summed E-state index contributed by atoms with van der Waals surface area (Å²) in [5, 5.41) is 10.2. The highest BCUT2D eigenvalue weighted by molar-refractivity contribution is 5.65. The third-order valence-corrected chi connectivity index (χ3v) is 9.66. The van der Waals surface area contributed by atoms with E-state index in [2.05, 4.69) is 26.8 Å². The smallest absolute Gasteiger partial charge is 0.302 e. The van der Waals surface area contributed by atoms with Crippen molar-refractivity contribution in [3.05, 3.63) is 11.6 Å². The summed E-state index contributed by atoms with van der Waals surface area (Å²) in [6, 6.07) is 0. The lowest BCUT2D eigenvalue weighted by atomic mass is 9.46. The van der Waals surface area contributed by atoms with Crippen LogP contribution >= 0.6 is 0 Å². The molecule has 4 heteroatoms. The van der Waals surface area contributed by atoms with E-state index >= 15 is 0 Å². The molecule has 28 heavy (non-hydrogen) atoms. The van der Waals surface area contributed by atoms with Gasteiger partial charge in [-0.15, -0.1) is 0 Å². The molecule has 1 saturated heterocycles. The molecule has 0 radical (unpaired) electrons. The van der Waals surface area contributed by atoms with Crippen molar-refractivity contribution in [2.24, 2.45) is 40.4 Å². The second-order valence-corrected chi connectivity index (χ2v) is 11.0. The molecule has 156 valence electrons. The zero-order chi connectivity index (χ0) is 19.8. The van der Waals surface area contributed by atoms with E-state index in [9.17, 15) is 9.90 Å². The summed E-state index contributed by atoms with van der Waals surface area (Å²) in [7, 11) is 0. The number of carbonyl (C=O) groups is 1. The van der Waals surface area contributed by atoms with Gasteiger partial charge in [-0.25, -0.2) is 0 Å². The molecule has 10 atom stereocenters. The quantitative estimate of drug-likeness (QED) is 0.449. The Hall–Kier alpha value is -0.870. The van der Waals surface area contributed by atoms with Gasteiger partial charge in [0.15, 0.2) is 0 Å². The molecule has 0 aromatic heterocycles. The van der Waals surface area contributed by atoms with Gasteiger partial charge in [-0.05, 0) is 84.5 Å². The van der Waals surface area contributed by atoms with Gasteiger partial charge in [-0.2, -0.15) is 0 Å². The minimum absolute atomic E-state index is 0.163. The van der Waals surface area contributed by atoms with Crippen LogP contribution in [0.25, 0.3) is 0 Å². The van der Waals surface area contributed by atoms with Gasteiger partial charge >= 0.3 is 5.97 Å². The van der Waals surface area contributed by atoms with Gasteiger partial charge in [-0.3, -0.25) is 4.79 Å². The summed E-state index contributed by atoms with van der Waals surface area (Å²) in [6.45, 7) is 9.32. The van der Waals surface area contributed by atoms with Crippen LogP contribution in [0.5, 0.6) is 0 Å². The maximum Gasteiger partial charge on any atom is 0.302 e. The van der Waals surface area contributed by atoms with Gasteiger partial charge in [0.25, 0.3) is 0 Å². The standard InChI is InChI=1S/C24H36O4/c1-13(12-27-14(2)25)16-5-6-17-20-18(8-10-23(16,17)3)24(4)9-7-15(26)11-19(24)21-22(20)28-21/h11,13,15-18,20-22,26H,5-10,12H2,1-4H3/t13-,15?,16?,17?,18?,20?,21?,22-,23-,24-/m1/s1. The molecule has 1 aliphatic heterocycles. The predicted molar refractivity (Wildman–Crippen MR) is 106 cm³/mol. The van der Waals surface area contributed by atoms with Crippen molar-refractivity contribution in [1.29, 1.82) is 0 Å². The molecule has 1 heterocycles. The van der Waals surface area contributed by atoms with E-state index in [1.807, 2.05) is 0 Å². The largest absolute Gasteiger partial charge is 0.466 e. The lowest BCUT2D eigenvalue weighted by Crippen LogP contribution is -2.54. The summed E-state index contributed by atoms with van der Waals surface area (Å²) in [6.07, 6.45) is 9.57. The predicted octanol–water partition coefficient (Wildman–Crippen LogP) is 4.11. The number of rotatable bonds is 3. The van der Waals surface area contributed by atoms with Gasteiger partial charge < -0.3 is 14.6 Å². The van der Waals surface area contributed by atoms with Crippen LogP contribution in [0.2, 0.25) is 0 Å². The third kappa shape index (κ3) is 2.59. The molecular formula is C24H36O4. The van der Waals surface area contributed by atoms with Crippen molar-refractivity contribution in [2.75, 3.05) is 6.61 Å². The van der Waals surface area contributed by atoms with E-state index in [4.69, 9.17) is 9.47 Å². The normalized spacial score (nSPS) is 52.5.